The highest BCUT2D eigenvalue weighted by atomic mass is 16.7. The summed E-state index contributed by atoms with van der Waals surface area (Å²) in [6.45, 7) is 0.652. The molecule has 0 unspecified atom stereocenters. The molecule has 8 nitrogen and oxygen atoms in total. The Balaban J connectivity index is 2.75. The summed E-state index contributed by atoms with van der Waals surface area (Å²) in [7, 11) is 0. The standard InChI is InChI=1S/C9H16O8/c1-3(8(13)14)16-7-4(2-10)17-9(15)6(12)5(7)11/h3-7,9-12,15H,2H2,1H3,(H,13,14)/t3-,4-,5-,6-,7-,9+/m1/s1. The van der Waals surface area contributed by atoms with Crippen LogP contribution in [0.2, 0.25) is 0 Å². The number of carboxylic acids is 1. The molecule has 0 amide bonds. The van der Waals surface area contributed by atoms with Crippen LogP contribution in [0.5, 0.6) is 0 Å². The maximum atomic E-state index is 10.6. The number of hydrogen-bond donors (Lipinski definition) is 5. The summed E-state index contributed by atoms with van der Waals surface area (Å²) in [4.78, 5) is 10.6. The summed E-state index contributed by atoms with van der Waals surface area (Å²) >= 11 is 0. The van der Waals surface area contributed by atoms with Gasteiger partial charge in [0, 0.05) is 0 Å². The molecule has 100 valence electrons. The highest BCUT2D eigenvalue weighted by molar-refractivity contribution is 5.71. The molecule has 0 saturated carbocycles. The van der Waals surface area contributed by atoms with Crippen LogP contribution in [0, 0.1) is 0 Å². The molecule has 17 heavy (non-hydrogen) atoms. The monoisotopic (exact) mass is 252 g/mol. The van der Waals surface area contributed by atoms with Gasteiger partial charge in [0.15, 0.2) is 12.4 Å². The molecule has 0 aromatic rings. The third-order valence-corrected chi connectivity index (χ3v) is 2.55. The van der Waals surface area contributed by atoms with E-state index in [1.54, 1.807) is 0 Å². The Labute approximate surface area is 97.0 Å². The Hall–Kier alpha value is -0.770. The molecule has 6 atom stereocenters. The molecule has 8 heteroatoms. The number of aliphatic hydroxyl groups is 4. The molecule has 0 aliphatic carbocycles. The maximum Gasteiger partial charge on any atom is 0.332 e. The number of carboxylic acid groups (broad SMARTS) is 1. The molecule has 1 saturated heterocycles. The zero-order valence-corrected chi connectivity index (χ0v) is 9.13. The van der Waals surface area contributed by atoms with Gasteiger partial charge >= 0.3 is 5.97 Å². The largest absolute Gasteiger partial charge is 0.479 e. The summed E-state index contributed by atoms with van der Waals surface area (Å²) in [5.41, 5.74) is 0. The van der Waals surface area contributed by atoms with Crippen molar-refractivity contribution in [2.45, 2.75) is 43.7 Å². The predicted octanol–water partition coefficient (Wildman–Crippen LogP) is -2.72. The molecular weight excluding hydrogens is 236 g/mol. The fraction of sp³-hybridized carbons (Fsp3) is 0.889. The molecule has 1 aliphatic rings. The van der Waals surface area contributed by atoms with E-state index in [9.17, 15) is 20.1 Å². The first-order valence-corrected chi connectivity index (χ1v) is 5.07. The summed E-state index contributed by atoms with van der Waals surface area (Å²) in [6.07, 6.45) is -8.40. The highest BCUT2D eigenvalue weighted by Crippen LogP contribution is 2.23. The Morgan fingerprint density at radius 1 is 1.35 bits per heavy atom. The lowest BCUT2D eigenvalue weighted by Gasteiger charge is -2.40. The van der Waals surface area contributed by atoms with Crippen molar-refractivity contribution in [2.75, 3.05) is 6.61 Å². The van der Waals surface area contributed by atoms with E-state index in [-0.39, 0.29) is 0 Å². The number of ether oxygens (including phenoxy) is 2. The molecule has 0 spiro atoms. The van der Waals surface area contributed by atoms with Gasteiger partial charge in [-0.2, -0.15) is 0 Å². The number of carbonyl (C=O) groups is 1. The van der Waals surface area contributed by atoms with E-state index in [1.165, 1.54) is 6.92 Å². The first kappa shape index (κ1) is 14.3. The number of aliphatic hydroxyl groups excluding tert-OH is 4. The van der Waals surface area contributed by atoms with Crippen LogP contribution in [0.15, 0.2) is 0 Å². The molecule has 1 heterocycles. The Bertz CT molecular complexity index is 268. The quantitative estimate of drug-likeness (QED) is 0.364. The second-order valence-electron chi connectivity index (χ2n) is 3.81. The summed E-state index contributed by atoms with van der Waals surface area (Å²) < 4.78 is 9.77. The first-order chi connectivity index (χ1) is 7.88. The summed E-state index contributed by atoms with van der Waals surface area (Å²) in [5, 5.41) is 45.8. The van der Waals surface area contributed by atoms with E-state index in [1.807, 2.05) is 0 Å². The van der Waals surface area contributed by atoms with Crippen molar-refractivity contribution < 1.29 is 39.8 Å². The van der Waals surface area contributed by atoms with Gasteiger partial charge in [0.25, 0.3) is 0 Å². The van der Waals surface area contributed by atoms with E-state index >= 15 is 0 Å². The van der Waals surface area contributed by atoms with Crippen molar-refractivity contribution in [1.82, 2.24) is 0 Å². The fourth-order valence-corrected chi connectivity index (χ4v) is 1.53. The van der Waals surface area contributed by atoms with E-state index < -0.39 is 49.4 Å². The molecular formula is C9H16O8. The summed E-state index contributed by atoms with van der Waals surface area (Å²) in [6, 6.07) is 0. The van der Waals surface area contributed by atoms with Crippen molar-refractivity contribution in [2.24, 2.45) is 0 Å². The van der Waals surface area contributed by atoms with E-state index in [2.05, 4.69) is 0 Å². The van der Waals surface area contributed by atoms with Crippen LogP contribution in [-0.4, -0.2) is 74.9 Å². The van der Waals surface area contributed by atoms with Crippen LogP contribution in [-0.2, 0) is 14.3 Å². The first-order valence-electron chi connectivity index (χ1n) is 5.07. The minimum absolute atomic E-state index is 0.585. The van der Waals surface area contributed by atoms with Gasteiger partial charge in [-0.3, -0.25) is 0 Å². The number of rotatable bonds is 4. The lowest BCUT2D eigenvalue weighted by Crippen LogP contribution is -2.60. The van der Waals surface area contributed by atoms with Gasteiger partial charge in [0.1, 0.15) is 24.4 Å². The molecule has 1 rings (SSSR count). The predicted molar refractivity (Wildman–Crippen MR) is 52.0 cm³/mol. The number of hydrogen-bond acceptors (Lipinski definition) is 7. The summed E-state index contributed by atoms with van der Waals surface area (Å²) in [5.74, 6) is -1.26. The Kier molecular flexibility index (Phi) is 4.80. The van der Waals surface area contributed by atoms with Crippen LogP contribution in [0.4, 0.5) is 0 Å². The van der Waals surface area contributed by atoms with Gasteiger partial charge < -0.3 is 35.0 Å². The third-order valence-electron chi connectivity index (χ3n) is 2.55. The van der Waals surface area contributed by atoms with Crippen molar-refractivity contribution >= 4 is 5.97 Å². The minimum atomic E-state index is -1.65. The average Bonchev–Trinajstić information content (AvgIpc) is 2.29. The SMILES string of the molecule is C[C@@H](O[C@H]1[C@H](O)[C@@H](O)[C@@H](O)O[C@@H]1CO)C(=O)O. The zero-order valence-electron chi connectivity index (χ0n) is 9.13. The smallest absolute Gasteiger partial charge is 0.332 e. The topological polar surface area (TPSA) is 137 Å². The molecule has 0 aromatic carbocycles. The van der Waals surface area contributed by atoms with Gasteiger partial charge in [-0.1, -0.05) is 0 Å². The van der Waals surface area contributed by atoms with Crippen LogP contribution < -0.4 is 0 Å². The van der Waals surface area contributed by atoms with Gasteiger partial charge in [0.2, 0.25) is 0 Å². The van der Waals surface area contributed by atoms with Crippen LogP contribution in [0.1, 0.15) is 6.92 Å². The second kappa shape index (κ2) is 5.71. The van der Waals surface area contributed by atoms with Crippen LogP contribution in [0.25, 0.3) is 0 Å². The van der Waals surface area contributed by atoms with Crippen molar-refractivity contribution in [3.63, 3.8) is 0 Å². The molecule has 1 aliphatic heterocycles. The molecule has 0 bridgehead atoms. The fourth-order valence-electron chi connectivity index (χ4n) is 1.53. The van der Waals surface area contributed by atoms with Crippen molar-refractivity contribution in [3.05, 3.63) is 0 Å². The maximum absolute atomic E-state index is 10.6. The molecule has 1 fully saturated rings. The van der Waals surface area contributed by atoms with Crippen molar-refractivity contribution in [3.8, 4) is 0 Å². The van der Waals surface area contributed by atoms with E-state index in [0.717, 1.165) is 0 Å². The van der Waals surface area contributed by atoms with E-state index in [4.69, 9.17) is 19.7 Å². The highest BCUT2D eigenvalue weighted by Gasteiger charge is 2.45. The number of aliphatic carboxylic acids is 1. The second-order valence-corrected chi connectivity index (χ2v) is 3.81. The minimum Gasteiger partial charge on any atom is -0.479 e. The van der Waals surface area contributed by atoms with Gasteiger partial charge in [-0.25, -0.2) is 4.79 Å². The Morgan fingerprint density at radius 3 is 2.41 bits per heavy atom. The molecule has 5 N–H and O–H groups in total. The normalized spacial score (nSPS) is 39.9. The third kappa shape index (κ3) is 3.12. The van der Waals surface area contributed by atoms with E-state index in [0.29, 0.717) is 0 Å². The molecule has 0 radical (unpaired) electrons. The van der Waals surface area contributed by atoms with Crippen LogP contribution >= 0.6 is 0 Å². The van der Waals surface area contributed by atoms with Gasteiger partial charge in [0.05, 0.1) is 6.61 Å². The van der Waals surface area contributed by atoms with Gasteiger partial charge in [-0.15, -0.1) is 0 Å². The van der Waals surface area contributed by atoms with Gasteiger partial charge in [-0.05, 0) is 6.92 Å². The molecule has 0 aromatic heterocycles. The zero-order chi connectivity index (χ0) is 13.2. The average molecular weight is 252 g/mol. The Morgan fingerprint density at radius 2 is 1.94 bits per heavy atom. The lowest BCUT2D eigenvalue weighted by atomic mass is 9.99. The lowest BCUT2D eigenvalue weighted by molar-refractivity contribution is -0.298. The van der Waals surface area contributed by atoms with Crippen molar-refractivity contribution in [1.29, 1.82) is 0 Å². The van der Waals surface area contributed by atoms with Crippen LogP contribution in [0.3, 0.4) is 0 Å².